The highest BCUT2D eigenvalue weighted by Gasteiger charge is 2.21. The topological polar surface area (TPSA) is 86.5 Å². The maximum absolute atomic E-state index is 11.5. The van der Waals surface area contributed by atoms with Gasteiger partial charge in [0.05, 0.1) is 14.8 Å². The highest BCUT2D eigenvalue weighted by Crippen LogP contribution is 2.36. The zero-order valence-corrected chi connectivity index (χ0v) is 13.3. The Hall–Kier alpha value is -2.12. The van der Waals surface area contributed by atoms with Gasteiger partial charge in [-0.2, -0.15) is 0 Å². The fourth-order valence-electron chi connectivity index (χ4n) is 1.76. The monoisotopic (exact) mass is 341 g/mol. The largest absolute Gasteiger partial charge is 0.449 e. The molecule has 0 heterocycles. The van der Waals surface area contributed by atoms with Gasteiger partial charge in [0.15, 0.2) is 9.84 Å². The van der Waals surface area contributed by atoms with Gasteiger partial charge in [0.2, 0.25) is 5.75 Å². The van der Waals surface area contributed by atoms with Crippen LogP contribution in [0.25, 0.3) is 0 Å². The third-order valence-corrected chi connectivity index (χ3v) is 4.27. The number of nitrogens with zero attached hydrogens (tertiary/aromatic N) is 1. The van der Waals surface area contributed by atoms with Gasteiger partial charge in [0.1, 0.15) is 5.75 Å². The van der Waals surface area contributed by atoms with Crippen molar-refractivity contribution in [1.29, 1.82) is 0 Å². The van der Waals surface area contributed by atoms with Crippen molar-refractivity contribution in [3.63, 3.8) is 0 Å². The number of sulfone groups is 1. The van der Waals surface area contributed by atoms with Crippen molar-refractivity contribution in [2.24, 2.45) is 0 Å². The van der Waals surface area contributed by atoms with E-state index < -0.39 is 20.4 Å². The molecule has 0 aliphatic carbocycles. The van der Waals surface area contributed by atoms with Crippen molar-refractivity contribution in [2.75, 3.05) is 6.26 Å². The van der Waals surface area contributed by atoms with Crippen LogP contribution in [0.15, 0.2) is 41.3 Å². The maximum Gasteiger partial charge on any atom is 0.312 e. The molecule has 0 unspecified atom stereocenters. The average Bonchev–Trinajstić information content (AvgIpc) is 2.40. The molecule has 0 N–H and O–H groups in total. The first-order valence-corrected chi connectivity index (χ1v) is 8.38. The van der Waals surface area contributed by atoms with Crippen LogP contribution in [0.2, 0.25) is 5.02 Å². The first kappa shape index (κ1) is 16.3. The molecular formula is C14H12ClNO5S. The minimum atomic E-state index is -3.55. The Morgan fingerprint density at radius 3 is 2.32 bits per heavy atom. The number of aryl methyl sites for hydroxylation is 1. The summed E-state index contributed by atoms with van der Waals surface area (Å²) in [7, 11) is -3.55. The SMILES string of the molecule is Cc1ccc(Oc2ccc(S(C)(=O)=O)cc2[N+](=O)[O-])c(Cl)c1. The molecule has 0 radical (unpaired) electrons. The fraction of sp³-hybridized carbons (Fsp3) is 0.143. The second-order valence-corrected chi connectivity index (χ2v) is 7.12. The summed E-state index contributed by atoms with van der Waals surface area (Å²) < 4.78 is 28.4. The van der Waals surface area contributed by atoms with Crippen molar-refractivity contribution < 1.29 is 18.1 Å². The third-order valence-electron chi connectivity index (χ3n) is 2.86. The minimum Gasteiger partial charge on any atom is -0.449 e. The van der Waals surface area contributed by atoms with Crippen molar-refractivity contribution in [3.8, 4) is 11.5 Å². The lowest BCUT2D eigenvalue weighted by atomic mass is 10.2. The van der Waals surface area contributed by atoms with Gasteiger partial charge in [0.25, 0.3) is 0 Å². The lowest BCUT2D eigenvalue weighted by Gasteiger charge is -2.09. The summed E-state index contributed by atoms with van der Waals surface area (Å²) in [5.74, 6) is 0.172. The molecule has 2 aromatic carbocycles. The van der Waals surface area contributed by atoms with Gasteiger partial charge >= 0.3 is 5.69 Å². The molecule has 0 saturated carbocycles. The molecule has 0 bridgehead atoms. The van der Waals surface area contributed by atoms with Crippen LogP contribution in [-0.2, 0) is 9.84 Å². The molecule has 2 aromatic rings. The molecule has 0 atom stereocenters. The minimum absolute atomic E-state index is 0.0804. The summed E-state index contributed by atoms with van der Waals surface area (Å²) in [4.78, 5) is 10.3. The van der Waals surface area contributed by atoms with E-state index in [1.807, 2.05) is 6.92 Å². The number of halogens is 1. The van der Waals surface area contributed by atoms with Crippen LogP contribution in [0.1, 0.15) is 5.56 Å². The average molecular weight is 342 g/mol. The molecule has 22 heavy (non-hydrogen) atoms. The van der Waals surface area contributed by atoms with Crippen LogP contribution < -0.4 is 4.74 Å². The van der Waals surface area contributed by atoms with Gasteiger partial charge in [-0.25, -0.2) is 8.42 Å². The van der Waals surface area contributed by atoms with Crippen LogP contribution in [0.3, 0.4) is 0 Å². The number of hydrogen-bond donors (Lipinski definition) is 0. The van der Waals surface area contributed by atoms with Crippen LogP contribution >= 0.6 is 11.6 Å². The lowest BCUT2D eigenvalue weighted by molar-refractivity contribution is -0.385. The Morgan fingerprint density at radius 2 is 1.77 bits per heavy atom. The lowest BCUT2D eigenvalue weighted by Crippen LogP contribution is -2.00. The van der Waals surface area contributed by atoms with Crippen LogP contribution in [0.5, 0.6) is 11.5 Å². The van der Waals surface area contributed by atoms with Crippen LogP contribution in [0.4, 0.5) is 5.69 Å². The first-order valence-electron chi connectivity index (χ1n) is 6.11. The molecule has 6 nitrogen and oxygen atoms in total. The van der Waals surface area contributed by atoms with E-state index in [1.165, 1.54) is 12.1 Å². The fourth-order valence-corrected chi connectivity index (χ4v) is 2.68. The van der Waals surface area contributed by atoms with Crippen molar-refractivity contribution in [2.45, 2.75) is 11.8 Å². The molecule has 0 saturated heterocycles. The van der Waals surface area contributed by atoms with Gasteiger partial charge < -0.3 is 4.74 Å². The molecule has 0 fully saturated rings. The standard InChI is InChI=1S/C14H12ClNO5S/c1-9-3-5-13(11(15)7-9)21-14-6-4-10(22(2,19)20)8-12(14)16(17)18/h3-8H,1-2H3. The molecule has 0 aromatic heterocycles. The molecule has 116 valence electrons. The van der Waals surface area contributed by atoms with E-state index in [2.05, 4.69) is 0 Å². The zero-order valence-electron chi connectivity index (χ0n) is 11.7. The molecule has 0 spiro atoms. The third kappa shape index (κ3) is 3.55. The smallest absolute Gasteiger partial charge is 0.312 e. The molecular weight excluding hydrogens is 330 g/mol. The van der Waals surface area contributed by atoms with E-state index in [4.69, 9.17) is 16.3 Å². The first-order chi connectivity index (χ1) is 10.2. The number of nitro benzene ring substituents is 1. The molecule has 8 heteroatoms. The van der Waals surface area contributed by atoms with E-state index >= 15 is 0 Å². The number of rotatable bonds is 4. The van der Waals surface area contributed by atoms with E-state index in [9.17, 15) is 18.5 Å². The van der Waals surface area contributed by atoms with Gasteiger partial charge in [-0.05, 0) is 36.8 Å². The Morgan fingerprint density at radius 1 is 1.14 bits per heavy atom. The summed E-state index contributed by atoms with van der Waals surface area (Å²) in [6, 6.07) is 8.45. The zero-order chi connectivity index (χ0) is 16.5. The highest BCUT2D eigenvalue weighted by molar-refractivity contribution is 7.90. The van der Waals surface area contributed by atoms with E-state index in [0.717, 1.165) is 17.9 Å². The number of benzene rings is 2. The van der Waals surface area contributed by atoms with Crippen molar-refractivity contribution >= 4 is 27.1 Å². The number of nitro groups is 1. The predicted octanol–water partition coefficient (Wildman–Crippen LogP) is 3.75. The Labute approximate surface area is 132 Å². The molecule has 0 aliphatic heterocycles. The maximum atomic E-state index is 11.5. The van der Waals surface area contributed by atoms with Crippen molar-refractivity contribution in [1.82, 2.24) is 0 Å². The predicted molar refractivity (Wildman–Crippen MR) is 82.5 cm³/mol. The van der Waals surface area contributed by atoms with Crippen LogP contribution in [0, 0.1) is 17.0 Å². The Kier molecular flexibility index (Phi) is 4.39. The number of ether oxygens (including phenoxy) is 1. The second-order valence-electron chi connectivity index (χ2n) is 4.69. The van der Waals surface area contributed by atoms with Crippen LogP contribution in [-0.4, -0.2) is 19.6 Å². The van der Waals surface area contributed by atoms with E-state index in [-0.39, 0.29) is 16.4 Å². The highest BCUT2D eigenvalue weighted by atomic mass is 35.5. The quantitative estimate of drug-likeness (QED) is 0.624. The summed E-state index contributed by atoms with van der Waals surface area (Å²) in [5, 5.41) is 11.4. The molecule has 0 aliphatic rings. The van der Waals surface area contributed by atoms with Gasteiger partial charge in [0, 0.05) is 12.3 Å². The van der Waals surface area contributed by atoms with E-state index in [0.29, 0.717) is 5.02 Å². The summed E-state index contributed by atoms with van der Waals surface area (Å²) >= 11 is 6.02. The van der Waals surface area contributed by atoms with Gasteiger partial charge in [-0.3, -0.25) is 10.1 Å². The molecule has 2 rings (SSSR count). The van der Waals surface area contributed by atoms with Gasteiger partial charge in [-0.15, -0.1) is 0 Å². The molecule has 0 amide bonds. The van der Waals surface area contributed by atoms with Gasteiger partial charge in [-0.1, -0.05) is 17.7 Å². The van der Waals surface area contributed by atoms with E-state index in [1.54, 1.807) is 18.2 Å². The second kappa shape index (κ2) is 5.94. The number of hydrogen-bond acceptors (Lipinski definition) is 5. The summed E-state index contributed by atoms with van der Waals surface area (Å²) in [6.07, 6.45) is 0.976. The Bertz CT molecular complexity index is 848. The summed E-state index contributed by atoms with van der Waals surface area (Å²) in [6.45, 7) is 1.85. The Balaban J connectivity index is 2.49. The normalized spacial score (nSPS) is 11.2. The van der Waals surface area contributed by atoms with Crippen molar-refractivity contribution in [3.05, 3.63) is 57.1 Å². The summed E-state index contributed by atoms with van der Waals surface area (Å²) in [5.41, 5.74) is 0.471.